The highest BCUT2D eigenvalue weighted by molar-refractivity contribution is 5.80. The Morgan fingerprint density at radius 1 is 1.43 bits per heavy atom. The Morgan fingerprint density at radius 3 is 2.91 bits per heavy atom. The second kappa shape index (κ2) is 5.26. The number of aromatic amines is 1. The Labute approximate surface area is 133 Å². The molecule has 3 aliphatic heterocycles. The minimum absolute atomic E-state index is 0.0166. The van der Waals surface area contributed by atoms with Gasteiger partial charge in [-0.1, -0.05) is 0 Å². The van der Waals surface area contributed by atoms with Gasteiger partial charge in [-0.2, -0.15) is 5.10 Å². The summed E-state index contributed by atoms with van der Waals surface area (Å²) in [6.45, 7) is 4.27. The Bertz CT molecular complexity index is 763. The van der Waals surface area contributed by atoms with Gasteiger partial charge in [-0.25, -0.2) is 0 Å². The fourth-order valence-corrected chi connectivity index (χ4v) is 3.63. The van der Waals surface area contributed by atoms with Crippen molar-refractivity contribution in [2.24, 2.45) is 0 Å². The molecule has 3 aliphatic rings. The zero-order chi connectivity index (χ0) is 16.0. The van der Waals surface area contributed by atoms with E-state index in [1.165, 1.54) is 5.69 Å². The molecule has 120 valence electrons. The van der Waals surface area contributed by atoms with Crippen LogP contribution in [0.5, 0.6) is 5.75 Å². The fourth-order valence-electron chi connectivity index (χ4n) is 3.63. The molecule has 0 atom stereocenters. The van der Waals surface area contributed by atoms with Gasteiger partial charge in [0.25, 0.3) is 0 Å². The maximum atomic E-state index is 11.3. The lowest BCUT2D eigenvalue weighted by Gasteiger charge is -2.40. The Kier molecular flexibility index (Phi) is 3.21. The summed E-state index contributed by atoms with van der Waals surface area (Å²) in [5.41, 5.74) is 3.83. The molecule has 1 N–H and O–H groups in total. The van der Waals surface area contributed by atoms with Gasteiger partial charge in [0.05, 0.1) is 22.9 Å². The van der Waals surface area contributed by atoms with E-state index in [-0.39, 0.29) is 5.69 Å². The molecule has 0 amide bonds. The number of nitrogens with zero attached hydrogens (tertiary/aromatic N) is 3. The first-order chi connectivity index (χ1) is 11.2. The first-order valence-corrected chi connectivity index (χ1v) is 7.94. The number of ether oxygens (including phenoxy) is 1. The number of nitro benzene ring substituents is 1. The molecule has 23 heavy (non-hydrogen) atoms. The van der Waals surface area contributed by atoms with Crippen LogP contribution in [0.2, 0.25) is 0 Å². The topological polar surface area (TPSA) is 84.3 Å². The molecule has 1 aromatic carbocycles. The molecule has 7 nitrogen and oxygen atoms in total. The zero-order valence-electron chi connectivity index (χ0n) is 12.9. The largest absolute Gasteiger partial charge is 0.487 e. The predicted molar refractivity (Wildman–Crippen MR) is 86.0 cm³/mol. The van der Waals surface area contributed by atoms with Crippen LogP contribution >= 0.6 is 0 Å². The van der Waals surface area contributed by atoms with E-state index in [1.807, 2.05) is 13.0 Å². The number of fused-ring (bicyclic) bond motifs is 2. The van der Waals surface area contributed by atoms with Gasteiger partial charge in [0, 0.05) is 30.6 Å². The van der Waals surface area contributed by atoms with Gasteiger partial charge in [0.1, 0.15) is 5.69 Å². The van der Waals surface area contributed by atoms with Crippen LogP contribution in [0.1, 0.15) is 31.4 Å². The number of nitrogens with one attached hydrogen (secondary N) is 1. The van der Waals surface area contributed by atoms with Crippen LogP contribution in [-0.4, -0.2) is 34.8 Å². The number of H-pyrrole nitrogens is 1. The predicted octanol–water partition coefficient (Wildman–Crippen LogP) is 3.08. The number of nitro groups is 1. The van der Waals surface area contributed by atoms with E-state index in [4.69, 9.17) is 4.74 Å². The second-order valence-corrected chi connectivity index (χ2v) is 5.97. The third-order valence-corrected chi connectivity index (χ3v) is 4.72. The lowest BCUT2D eigenvalue weighted by atomic mass is 9.86. The van der Waals surface area contributed by atoms with E-state index in [0.717, 1.165) is 42.9 Å². The van der Waals surface area contributed by atoms with E-state index in [2.05, 4.69) is 15.1 Å². The summed E-state index contributed by atoms with van der Waals surface area (Å²) in [5.74, 6) is 0.835. The van der Waals surface area contributed by atoms with Crippen LogP contribution in [0.3, 0.4) is 0 Å². The lowest BCUT2D eigenvalue weighted by molar-refractivity contribution is -0.385. The van der Waals surface area contributed by atoms with Crippen molar-refractivity contribution in [3.8, 4) is 17.0 Å². The highest BCUT2D eigenvalue weighted by Crippen LogP contribution is 2.46. The molecular formula is C16H18N4O3. The summed E-state index contributed by atoms with van der Waals surface area (Å²) in [7, 11) is 0. The smallest absolute Gasteiger partial charge is 0.311 e. The molecule has 2 aromatic rings. The van der Waals surface area contributed by atoms with E-state index < -0.39 is 4.92 Å². The van der Waals surface area contributed by atoms with Crippen molar-refractivity contribution in [3.05, 3.63) is 34.0 Å². The van der Waals surface area contributed by atoms with Crippen LogP contribution in [0.15, 0.2) is 18.2 Å². The molecule has 0 spiro atoms. The van der Waals surface area contributed by atoms with Crippen molar-refractivity contribution in [1.82, 2.24) is 10.2 Å². The van der Waals surface area contributed by atoms with E-state index in [1.54, 1.807) is 12.1 Å². The van der Waals surface area contributed by atoms with Crippen molar-refractivity contribution in [3.63, 3.8) is 0 Å². The molecule has 5 rings (SSSR count). The first-order valence-electron chi connectivity index (χ1n) is 7.94. The van der Waals surface area contributed by atoms with E-state index in [9.17, 15) is 10.1 Å². The number of hydrogen-bond donors (Lipinski definition) is 1. The normalized spacial score (nSPS) is 16.5. The second-order valence-electron chi connectivity index (χ2n) is 5.97. The number of aromatic nitrogens is 2. The van der Waals surface area contributed by atoms with Crippen LogP contribution in [-0.2, 0) is 0 Å². The molecule has 0 radical (unpaired) electrons. The Balaban J connectivity index is 1.80. The summed E-state index contributed by atoms with van der Waals surface area (Å²) < 4.78 is 5.35. The number of hydrogen-bond acceptors (Lipinski definition) is 5. The van der Waals surface area contributed by atoms with Crippen LogP contribution in [0, 0.1) is 10.1 Å². The van der Waals surface area contributed by atoms with Gasteiger partial charge in [-0.15, -0.1) is 0 Å². The quantitative estimate of drug-likeness (QED) is 0.692. The van der Waals surface area contributed by atoms with Crippen molar-refractivity contribution >= 4 is 11.4 Å². The molecule has 0 saturated carbocycles. The lowest BCUT2D eigenvalue weighted by Crippen LogP contribution is -2.38. The van der Waals surface area contributed by atoms with E-state index in [0.29, 0.717) is 18.3 Å². The number of benzene rings is 1. The Hall–Kier alpha value is -2.57. The van der Waals surface area contributed by atoms with Crippen molar-refractivity contribution in [2.75, 3.05) is 24.6 Å². The SMILES string of the molecule is CCOc1ccc(-c2n[nH]c3c2N2CCC3CC2)cc1[N+](=O)[O-]. The summed E-state index contributed by atoms with van der Waals surface area (Å²) in [5, 5.41) is 18.9. The fraction of sp³-hybridized carbons (Fsp3) is 0.438. The highest BCUT2D eigenvalue weighted by atomic mass is 16.6. The molecular weight excluding hydrogens is 296 g/mol. The molecule has 1 fully saturated rings. The molecule has 2 bridgehead atoms. The number of rotatable bonds is 4. The summed E-state index contributed by atoms with van der Waals surface area (Å²) in [6, 6.07) is 5.07. The minimum atomic E-state index is -0.403. The third kappa shape index (κ3) is 2.15. The standard InChI is InChI=1S/C16H18N4O3/c1-2-23-13-4-3-11(9-12(13)20(21)22)15-16-14(17-18-15)10-5-7-19(16)8-6-10/h3-4,9-10H,2,5-8H2,1H3,(H,17,18). The van der Waals surface area contributed by atoms with Crippen LogP contribution in [0.4, 0.5) is 11.4 Å². The zero-order valence-corrected chi connectivity index (χ0v) is 12.9. The highest BCUT2D eigenvalue weighted by Gasteiger charge is 2.35. The van der Waals surface area contributed by atoms with Crippen LogP contribution < -0.4 is 9.64 Å². The van der Waals surface area contributed by atoms with Gasteiger partial charge in [-0.05, 0) is 31.9 Å². The molecule has 0 unspecified atom stereocenters. The summed E-state index contributed by atoms with van der Waals surface area (Å²) >= 11 is 0. The molecule has 4 heterocycles. The van der Waals surface area contributed by atoms with Gasteiger partial charge in [-0.3, -0.25) is 15.2 Å². The Morgan fingerprint density at radius 2 is 2.22 bits per heavy atom. The average Bonchev–Trinajstić information content (AvgIpc) is 3.03. The van der Waals surface area contributed by atoms with Crippen molar-refractivity contribution in [1.29, 1.82) is 0 Å². The number of anilines is 1. The van der Waals surface area contributed by atoms with Gasteiger partial charge >= 0.3 is 5.69 Å². The molecule has 7 heteroatoms. The van der Waals surface area contributed by atoms with Gasteiger partial charge in [0.15, 0.2) is 5.75 Å². The average molecular weight is 314 g/mol. The van der Waals surface area contributed by atoms with Crippen molar-refractivity contribution in [2.45, 2.75) is 25.7 Å². The molecule has 1 aromatic heterocycles. The summed E-state index contributed by atoms with van der Waals surface area (Å²) in [6.07, 6.45) is 2.30. The minimum Gasteiger partial charge on any atom is -0.487 e. The first kappa shape index (κ1) is 14.0. The van der Waals surface area contributed by atoms with Crippen molar-refractivity contribution < 1.29 is 9.66 Å². The number of piperidine rings is 1. The van der Waals surface area contributed by atoms with Crippen LogP contribution in [0.25, 0.3) is 11.3 Å². The van der Waals surface area contributed by atoms with Gasteiger partial charge in [0.2, 0.25) is 0 Å². The molecule has 1 saturated heterocycles. The summed E-state index contributed by atoms with van der Waals surface area (Å²) in [4.78, 5) is 13.2. The molecule has 0 aliphatic carbocycles. The monoisotopic (exact) mass is 314 g/mol. The third-order valence-electron chi connectivity index (χ3n) is 4.72. The van der Waals surface area contributed by atoms with E-state index >= 15 is 0 Å². The maximum Gasteiger partial charge on any atom is 0.311 e. The maximum absolute atomic E-state index is 11.3. The van der Waals surface area contributed by atoms with Gasteiger partial charge < -0.3 is 9.64 Å².